The van der Waals surface area contributed by atoms with Crippen LogP contribution in [0.4, 0.5) is 0 Å². The number of benzene rings is 1. The molecule has 0 spiro atoms. The molecule has 0 saturated heterocycles. The van der Waals surface area contributed by atoms with E-state index in [0.717, 1.165) is 29.9 Å². The molecule has 0 fully saturated rings. The van der Waals surface area contributed by atoms with Crippen molar-refractivity contribution in [3.63, 3.8) is 0 Å². The Kier molecular flexibility index (Phi) is 6.89. The van der Waals surface area contributed by atoms with E-state index in [1.165, 1.54) is 0 Å². The average Bonchev–Trinajstić information content (AvgIpc) is 2.34. The Morgan fingerprint density at radius 1 is 1.11 bits per heavy atom. The molecule has 2 N–H and O–H groups in total. The summed E-state index contributed by atoms with van der Waals surface area (Å²) in [6, 6.07) is 6.15. The zero-order valence-electron chi connectivity index (χ0n) is 12.6. The molecule has 0 aliphatic heterocycles. The summed E-state index contributed by atoms with van der Waals surface area (Å²) in [5, 5.41) is 0. The standard InChI is InChI=1S/C16H27NO2/c1-12(2)7-8-18-9-10-19-16-6-5-15(14(4)17)11-13(16)3/h5-6,11-12,14H,7-10,17H2,1-4H3. The summed E-state index contributed by atoms with van der Waals surface area (Å²) in [7, 11) is 0. The second-order valence-corrected chi connectivity index (χ2v) is 5.46. The maximum absolute atomic E-state index is 5.85. The normalized spacial score (nSPS) is 12.7. The van der Waals surface area contributed by atoms with Gasteiger partial charge in [-0.15, -0.1) is 0 Å². The number of aryl methyl sites for hydroxylation is 1. The highest BCUT2D eigenvalue weighted by Crippen LogP contribution is 2.21. The fourth-order valence-electron chi connectivity index (χ4n) is 1.75. The van der Waals surface area contributed by atoms with E-state index in [-0.39, 0.29) is 6.04 Å². The summed E-state index contributed by atoms with van der Waals surface area (Å²) in [5.41, 5.74) is 8.11. The minimum Gasteiger partial charge on any atom is -0.491 e. The first-order valence-electron chi connectivity index (χ1n) is 7.07. The molecule has 0 radical (unpaired) electrons. The molecule has 3 nitrogen and oxygen atoms in total. The van der Waals surface area contributed by atoms with E-state index < -0.39 is 0 Å². The van der Waals surface area contributed by atoms with Gasteiger partial charge in [0.1, 0.15) is 12.4 Å². The van der Waals surface area contributed by atoms with Crippen molar-refractivity contribution in [1.82, 2.24) is 0 Å². The average molecular weight is 265 g/mol. The smallest absolute Gasteiger partial charge is 0.122 e. The van der Waals surface area contributed by atoms with Gasteiger partial charge in [0, 0.05) is 12.6 Å². The first-order chi connectivity index (χ1) is 9.00. The van der Waals surface area contributed by atoms with Crippen LogP contribution in [-0.4, -0.2) is 19.8 Å². The van der Waals surface area contributed by atoms with Crippen LogP contribution in [0.3, 0.4) is 0 Å². The molecule has 0 bridgehead atoms. The molecule has 1 unspecified atom stereocenters. The zero-order chi connectivity index (χ0) is 14.3. The van der Waals surface area contributed by atoms with Gasteiger partial charge in [0.25, 0.3) is 0 Å². The van der Waals surface area contributed by atoms with E-state index in [4.69, 9.17) is 15.2 Å². The van der Waals surface area contributed by atoms with Crippen molar-refractivity contribution in [2.45, 2.75) is 40.2 Å². The number of rotatable bonds is 8. The van der Waals surface area contributed by atoms with E-state index >= 15 is 0 Å². The molecule has 0 aliphatic rings. The summed E-state index contributed by atoms with van der Waals surface area (Å²) in [6.45, 7) is 10.5. The number of ether oxygens (including phenoxy) is 2. The van der Waals surface area contributed by atoms with Gasteiger partial charge in [-0.3, -0.25) is 0 Å². The van der Waals surface area contributed by atoms with Crippen LogP contribution in [0.15, 0.2) is 18.2 Å². The number of hydrogen-bond donors (Lipinski definition) is 1. The molecular formula is C16H27NO2. The molecule has 0 saturated carbocycles. The molecule has 1 aromatic carbocycles. The lowest BCUT2D eigenvalue weighted by Crippen LogP contribution is -2.10. The molecule has 3 heteroatoms. The molecular weight excluding hydrogens is 238 g/mol. The van der Waals surface area contributed by atoms with E-state index in [0.29, 0.717) is 19.1 Å². The van der Waals surface area contributed by atoms with Gasteiger partial charge >= 0.3 is 0 Å². The maximum Gasteiger partial charge on any atom is 0.122 e. The molecule has 0 aromatic heterocycles. The van der Waals surface area contributed by atoms with Crippen molar-refractivity contribution in [3.05, 3.63) is 29.3 Å². The van der Waals surface area contributed by atoms with Crippen LogP contribution in [-0.2, 0) is 4.74 Å². The van der Waals surface area contributed by atoms with Gasteiger partial charge in [-0.1, -0.05) is 26.0 Å². The lowest BCUT2D eigenvalue weighted by Gasteiger charge is -2.12. The van der Waals surface area contributed by atoms with Crippen LogP contribution >= 0.6 is 0 Å². The molecule has 19 heavy (non-hydrogen) atoms. The Bertz CT molecular complexity index is 375. The van der Waals surface area contributed by atoms with Crippen molar-refractivity contribution in [3.8, 4) is 5.75 Å². The lowest BCUT2D eigenvalue weighted by atomic mass is 10.1. The quantitative estimate of drug-likeness (QED) is 0.732. The molecule has 0 amide bonds. The molecule has 1 rings (SSSR count). The summed E-state index contributed by atoms with van der Waals surface area (Å²) in [4.78, 5) is 0. The maximum atomic E-state index is 5.85. The van der Waals surface area contributed by atoms with Crippen LogP contribution in [0.5, 0.6) is 5.75 Å². The van der Waals surface area contributed by atoms with Crippen LogP contribution < -0.4 is 10.5 Å². The molecule has 0 aliphatic carbocycles. The Labute approximate surface area is 117 Å². The fourth-order valence-corrected chi connectivity index (χ4v) is 1.75. The van der Waals surface area contributed by atoms with E-state index in [2.05, 4.69) is 19.9 Å². The zero-order valence-corrected chi connectivity index (χ0v) is 12.6. The van der Waals surface area contributed by atoms with Crippen LogP contribution in [0.2, 0.25) is 0 Å². The second-order valence-electron chi connectivity index (χ2n) is 5.46. The first-order valence-corrected chi connectivity index (χ1v) is 7.07. The highest BCUT2D eigenvalue weighted by Gasteiger charge is 2.04. The van der Waals surface area contributed by atoms with Gasteiger partial charge in [-0.25, -0.2) is 0 Å². The summed E-state index contributed by atoms with van der Waals surface area (Å²) >= 11 is 0. The third-order valence-corrected chi connectivity index (χ3v) is 3.05. The third-order valence-electron chi connectivity index (χ3n) is 3.05. The van der Waals surface area contributed by atoms with Gasteiger partial charge in [0.05, 0.1) is 6.61 Å². The van der Waals surface area contributed by atoms with Crippen LogP contribution in [0.1, 0.15) is 44.4 Å². The predicted molar refractivity (Wildman–Crippen MR) is 79.6 cm³/mol. The topological polar surface area (TPSA) is 44.5 Å². The fraction of sp³-hybridized carbons (Fsp3) is 0.625. The van der Waals surface area contributed by atoms with E-state index in [1.807, 2.05) is 26.0 Å². The highest BCUT2D eigenvalue weighted by atomic mass is 16.5. The Morgan fingerprint density at radius 3 is 2.42 bits per heavy atom. The van der Waals surface area contributed by atoms with Gasteiger partial charge in [-0.2, -0.15) is 0 Å². The highest BCUT2D eigenvalue weighted by molar-refractivity contribution is 5.37. The van der Waals surface area contributed by atoms with Gasteiger partial charge in [0.2, 0.25) is 0 Å². The lowest BCUT2D eigenvalue weighted by molar-refractivity contribution is 0.0924. The minimum atomic E-state index is 0.0621. The molecule has 108 valence electrons. The monoisotopic (exact) mass is 265 g/mol. The molecule has 1 atom stereocenters. The third kappa shape index (κ3) is 6.08. The predicted octanol–water partition coefficient (Wildman–Crippen LogP) is 3.46. The van der Waals surface area contributed by atoms with Gasteiger partial charge in [0.15, 0.2) is 0 Å². The molecule has 0 heterocycles. The van der Waals surface area contributed by atoms with Crippen LogP contribution in [0.25, 0.3) is 0 Å². The number of nitrogens with two attached hydrogens (primary N) is 1. The Hall–Kier alpha value is -1.06. The first kappa shape index (κ1) is 16.0. The minimum absolute atomic E-state index is 0.0621. The van der Waals surface area contributed by atoms with Crippen LogP contribution in [0, 0.1) is 12.8 Å². The van der Waals surface area contributed by atoms with E-state index in [9.17, 15) is 0 Å². The van der Waals surface area contributed by atoms with E-state index in [1.54, 1.807) is 0 Å². The van der Waals surface area contributed by atoms with Gasteiger partial charge in [-0.05, 0) is 43.4 Å². The molecule has 1 aromatic rings. The second kappa shape index (κ2) is 8.18. The van der Waals surface area contributed by atoms with Crippen molar-refractivity contribution in [2.24, 2.45) is 11.7 Å². The van der Waals surface area contributed by atoms with Gasteiger partial charge < -0.3 is 15.2 Å². The summed E-state index contributed by atoms with van der Waals surface area (Å²) < 4.78 is 11.2. The summed E-state index contributed by atoms with van der Waals surface area (Å²) in [6.07, 6.45) is 1.10. The van der Waals surface area contributed by atoms with Crippen molar-refractivity contribution in [2.75, 3.05) is 19.8 Å². The Morgan fingerprint density at radius 2 is 1.84 bits per heavy atom. The van der Waals surface area contributed by atoms with Crippen molar-refractivity contribution in [1.29, 1.82) is 0 Å². The SMILES string of the molecule is Cc1cc(C(C)N)ccc1OCCOCCC(C)C. The largest absolute Gasteiger partial charge is 0.491 e. The number of hydrogen-bond acceptors (Lipinski definition) is 3. The Balaban J connectivity index is 2.30. The van der Waals surface area contributed by atoms with Crippen molar-refractivity contribution < 1.29 is 9.47 Å². The summed E-state index contributed by atoms with van der Waals surface area (Å²) in [5.74, 6) is 1.60. The van der Waals surface area contributed by atoms with Crippen molar-refractivity contribution >= 4 is 0 Å².